The molecule has 1 aliphatic rings. The first-order valence-corrected chi connectivity index (χ1v) is 17.3. The van der Waals surface area contributed by atoms with Crippen LogP contribution < -0.4 is 9.21 Å². The maximum atomic E-state index is 14.0. The first-order valence-electron chi connectivity index (χ1n) is 13.0. The molecule has 3 aromatic carbocycles. The zero-order chi connectivity index (χ0) is 30.2. The molecular formula is C28H27Cl3N3O6PS. The van der Waals surface area contributed by atoms with Crippen LogP contribution >= 0.6 is 42.4 Å². The van der Waals surface area contributed by atoms with Gasteiger partial charge in [-0.2, -0.15) is 0 Å². The number of nitrogens with one attached hydrogen (secondary N) is 1. The standard InChI is InChI=1S/C28H27Cl3N3O6PS/c1-3-39-41(36,40-4-2)17-34(42(37,38)24-15-21(30)14-22(31)16-24)23-6-8-27-18(12-23)9-10-33(27)28(35)26-13-19-11-20(29)5-7-25(19)32-26/h5-8,11-16,32H,3-4,9-10,17H2,1-2H3. The minimum absolute atomic E-state index is 0.0510. The maximum absolute atomic E-state index is 14.0. The SMILES string of the molecule is CCOP(=O)(CN(c1ccc2c(c1)CCN2C(=O)c1cc2cc(Cl)ccc2[nH]1)S(=O)(=O)c1cc(Cl)cc(Cl)c1)OCC. The Bertz CT molecular complexity index is 1800. The van der Waals surface area contributed by atoms with Gasteiger partial charge < -0.3 is 18.9 Å². The van der Waals surface area contributed by atoms with E-state index in [-0.39, 0.29) is 39.7 Å². The normalized spacial score (nSPS) is 13.5. The largest absolute Gasteiger partial charge is 0.351 e. The van der Waals surface area contributed by atoms with Crippen LogP contribution in [0.2, 0.25) is 15.1 Å². The van der Waals surface area contributed by atoms with Gasteiger partial charge in [-0.1, -0.05) is 34.8 Å². The number of benzene rings is 3. The Hall–Kier alpha value is -2.56. The third-order valence-electron chi connectivity index (χ3n) is 6.68. The Balaban J connectivity index is 1.53. The molecule has 1 aromatic heterocycles. The molecule has 14 heteroatoms. The zero-order valence-corrected chi connectivity index (χ0v) is 26.6. The second-order valence-electron chi connectivity index (χ2n) is 9.48. The number of sulfonamides is 1. The van der Waals surface area contributed by atoms with Crippen molar-refractivity contribution in [3.8, 4) is 0 Å². The number of nitrogens with zero attached hydrogens (tertiary/aromatic N) is 2. The molecule has 0 aliphatic carbocycles. The van der Waals surface area contributed by atoms with Crippen LogP contribution in [0.4, 0.5) is 11.4 Å². The maximum Gasteiger partial charge on any atom is 0.350 e. The number of fused-ring (bicyclic) bond motifs is 2. The molecule has 2 heterocycles. The number of H-pyrrole nitrogens is 1. The van der Waals surface area contributed by atoms with Gasteiger partial charge in [0.1, 0.15) is 12.0 Å². The van der Waals surface area contributed by atoms with E-state index in [9.17, 15) is 17.8 Å². The summed E-state index contributed by atoms with van der Waals surface area (Å²) in [6, 6.07) is 15.9. The lowest BCUT2D eigenvalue weighted by atomic mass is 10.1. The molecule has 0 bridgehead atoms. The molecule has 5 rings (SSSR count). The van der Waals surface area contributed by atoms with Crippen molar-refractivity contribution in [1.82, 2.24) is 4.98 Å². The summed E-state index contributed by atoms with van der Waals surface area (Å²) in [7, 11) is -8.23. The lowest BCUT2D eigenvalue weighted by Crippen LogP contribution is -2.33. The van der Waals surface area contributed by atoms with Crippen molar-refractivity contribution >= 4 is 80.6 Å². The van der Waals surface area contributed by atoms with E-state index in [0.717, 1.165) is 20.8 Å². The Morgan fingerprint density at radius 2 is 1.64 bits per heavy atom. The minimum Gasteiger partial charge on any atom is -0.351 e. The molecule has 1 N–H and O–H groups in total. The summed E-state index contributed by atoms with van der Waals surface area (Å²) >= 11 is 18.4. The molecule has 222 valence electrons. The molecule has 0 atom stereocenters. The molecule has 42 heavy (non-hydrogen) atoms. The molecule has 0 radical (unpaired) electrons. The van der Waals surface area contributed by atoms with Crippen molar-refractivity contribution in [2.24, 2.45) is 0 Å². The topological polar surface area (TPSA) is 109 Å². The molecule has 0 spiro atoms. The Morgan fingerprint density at radius 3 is 2.31 bits per heavy atom. The smallest absolute Gasteiger partial charge is 0.350 e. The lowest BCUT2D eigenvalue weighted by molar-refractivity contribution is 0.0985. The van der Waals surface area contributed by atoms with Crippen LogP contribution in [0.1, 0.15) is 29.9 Å². The molecule has 0 unspecified atom stereocenters. The Labute approximate surface area is 258 Å². The summed E-state index contributed by atoms with van der Waals surface area (Å²) in [5, 5.41) is 1.63. The van der Waals surface area contributed by atoms with Crippen molar-refractivity contribution < 1.29 is 26.8 Å². The Kier molecular flexibility index (Phi) is 8.98. The Morgan fingerprint density at radius 1 is 0.952 bits per heavy atom. The van der Waals surface area contributed by atoms with Crippen LogP contribution in [0, 0.1) is 0 Å². The molecule has 9 nitrogen and oxygen atoms in total. The van der Waals surface area contributed by atoms with E-state index in [1.165, 1.54) is 18.2 Å². The molecule has 0 fully saturated rings. The zero-order valence-electron chi connectivity index (χ0n) is 22.6. The van der Waals surface area contributed by atoms with E-state index in [4.69, 9.17) is 43.9 Å². The molecule has 1 aliphatic heterocycles. The molecule has 0 saturated heterocycles. The van der Waals surface area contributed by atoms with Gasteiger partial charge in [0.2, 0.25) is 0 Å². The van der Waals surface area contributed by atoms with E-state index in [0.29, 0.717) is 29.4 Å². The van der Waals surface area contributed by atoms with Crippen LogP contribution in [0.15, 0.2) is 65.6 Å². The molecule has 1 amide bonds. The van der Waals surface area contributed by atoms with Crippen LogP contribution in [-0.4, -0.2) is 45.4 Å². The molecule has 0 saturated carbocycles. The summed E-state index contributed by atoms with van der Waals surface area (Å²) < 4.78 is 53.4. The summed E-state index contributed by atoms with van der Waals surface area (Å²) in [4.78, 5) is 18.1. The van der Waals surface area contributed by atoms with E-state index < -0.39 is 23.9 Å². The number of hydrogen-bond donors (Lipinski definition) is 1. The first-order chi connectivity index (χ1) is 19.9. The number of anilines is 2. The third-order valence-corrected chi connectivity index (χ3v) is 11.2. The number of amides is 1. The highest BCUT2D eigenvalue weighted by molar-refractivity contribution is 7.93. The fraction of sp³-hybridized carbons (Fsp3) is 0.250. The molecule has 4 aromatic rings. The number of halogens is 3. The van der Waals surface area contributed by atoms with Gasteiger partial charge in [-0.05, 0) is 86.5 Å². The van der Waals surface area contributed by atoms with E-state index in [2.05, 4.69) is 4.98 Å². The molecular weight excluding hydrogens is 644 g/mol. The van der Waals surface area contributed by atoms with Gasteiger partial charge in [0.05, 0.1) is 23.8 Å². The van der Waals surface area contributed by atoms with Crippen molar-refractivity contribution in [3.63, 3.8) is 0 Å². The fourth-order valence-corrected chi connectivity index (χ4v) is 9.46. The van der Waals surface area contributed by atoms with E-state index in [1.807, 2.05) is 6.07 Å². The van der Waals surface area contributed by atoms with Gasteiger partial charge in [0, 0.05) is 38.2 Å². The summed E-state index contributed by atoms with van der Waals surface area (Å²) in [5.41, 5.74) is 2.79. The highest BCUT2D eigenvalue weighted by Gasteiger charge is 2.36. The average Bonchev–Trinajstić information content (AvgIpc) is 3.55. The van der Waals surface area contributed by atoms with Crippen LogP contribution in [0.25, 0.3) is 10.9 Å². The monoisotopic (exact) mass is 669 g/mol. The highest BCUT2D eigenvalue weighted by Crippen LogP contribution is 2.50. The predicted molar refractivity (Wildman–Crippen MR) is 167 cm³/mol. The summed E-state index contributed by atoms with van der Waals surface area (Å²) in [6.45, 7) is 3.78. The predicted octanol–water partition coefficient (Wildman–Crippen LogP) is 7.75. The van der Waals surface area contributed by atoms with E-state index in [1.54, 1.807) is 55.1 Å². The number of hydrogen-bond acceptors (Lipinski definition) is 6. The fourth-order valence-electron chi connectivity index (χ4n) is 4.89. The van der Waals surface area contributed by atoms with Crippen molar-refractivity contribution in [1.29, 1.82) is 0 Å². The van der Waals surface area contributed by atoms with Crippen molar-refractivity contribution in [2.75, 3.05) is 35.2 Å². The second kappa shape index (κ2) is 12.2. The minimum atomic E-state index is -4.34. The van der Waals surface area contributed by atoms with Crippen LogP contribution in [0.5, 0.6) is 0 Å². The van der Waals surface area contributed by atoms with Gasteiger partial charge in [0.25, 0.3) is 15.9 Å². The summed E-state index contributed by atoms with van der Waals surface area (Å²) in [5.74, 6) is -0.232. The number of aromatic amines is 1. The second-order valence-corrected chi connectivity index (χ2v) is 14.7. The number of aromatic nitrogens is 1. The highest BCUT2D eigenvalue weighted by atomic mass is 35.5. The number of rotatable bonds is 10. The first kappa shape index (κ1) is 30.9. The van der Waals surface area contributed by atoms with Gasteiger partial charge in [0.15, 0.2) is 0 Å². The third kappa shape index (κ3) is 6.21. The van der Waals surface area contributed by atoms with Gasteiger partial charge in [-0.15, -0.1) is 0 Å². The van der Waals surface area contributed by atoms with Crippen molar-refractivity contribution in [2.45, 2.75) is 25.2 Å². The number of carbonyl (C=O) groups excluding carboxylic acids is 1. The quantitative estimate of drug-likeness (QED) is 0.173. The van der Waals surface area contributed by atoms with Gasteiger partial charge >= 0.3 is 7.60 Å². The van der Waals surface area contributed by atoms with E-state index >= 15 is 0 Å². The number of carbonyl (C=O) groups is 1. The average molecular weight is 671 g/mol. The van der Waals surface area contributed by atoms with Crippen molar-refractivity contribution in [3.05, 3.63) is 87.0 Å². The van der Waals surface area contributed by atoms with Crippen LogP contribution in [0.3, 0.4) is 0 Å². The summed E-state index contributed by atoms with van der Waals surface area (Å²) in [6.07, 6.45) is -0.105. The van der Waals surface area contributed by atoms with Gasteiger partial charge in [-0.25, -0.2) is 8.42 Å². The lowest BCUT2D eigenvalue weighted by Gasteiger charge is -2.29. The van der Waals surface area contributed by atoms with Crippen LogP contribution in [-0.2, 0) is 30.1 Å². The van der Waals surface area contributed by atoms with Gasteiger partial charge in [-0.3, -0.25) is 13.7 Å².